The van der Waals surface area contributed by atoms with Gasteiger partial charge in [-0.2, -0.15) is 11.3 Å². The molecule has 4 rings (SSSR count). The van der Waals surface area contributed by atoms with Crippen molar-refractivity contribution in [3.63, 3.8) is 0 Å². The lowest BCUT2D eigenvalue weighted by molar-refractivity contribution is 0.0584. The Morgan fingerprint density at radius 1 is 1.15 bits per heavy atom. The average Bonchev–Trinajstić information content (AvgIpc) is 3.39. The Balaban J connectivity index is 1.46. The van der Waals surface area contributed by atoms with Crippen LogP contribution in [-0.4, -0.2) is 49.0 Å². The van der Waals surface area contributed by atoms with Gasteiger partial charge in [0.15, 0.2) is 11.6 Å². The number of likely N-dealkylation sites (N-methyl/N-ethyl adjacent to an activating group) is 1. The Morgan fingerprint density at radius 2 is 1.91 bits per heavy atom. The van der Waals surface area contributed by atoms with Crippen molar-refractivity contribution in [3.05, 3.63) is 87.6 Å². The fourth-order valence-corrected chi connectivity index (χ4v) is 5.44. The van der Waals surface area contributed by atoms with E-state index in [2.05, 4.69) is 4.90 Å². The second kappa shape index (κ2) is 11.1. The predicted molar refractivity (Wildman–Crippen MR) is 131 cm³/mol. The fraction of sp³-hybridized carbons (Fsp3) is 0.370. The van der Waals surface area contributed by atoms with Crippen molar-refractivity contribution in [2.45, 2.75) is 31.8 Å². The van der Waals surface area contributed by atoms with Gasteiger partial charge in [-0.15, -0.1) is 0 Å². The molecule has 4 nitrogen and oxygen atoms in total. The zero-order valence-corrected chi connectivity index (χ0v) is 20.4. The molecule has 1 aliphatic heterocycles. The van der Waals surface area contributed by atoms with Crippen LogP contribution in [0.2, 0.25) is 0 Å². The van der Waals surface area contributed by atoms with E-state index >= 15 is 0 Å². The molecular weight excluding hydrogens is 454 g/mol. The number of hydrogen-bond donors (Lipinski definition) is 0. The summed E-state index contributed by atoms with van der Waals surface area (Å²) in [5, 5.41) is 3.76. The molecule has 1 atom stereocenters. The Morgan fingerprint density at radius 3 is 2.59 bits per heavy atom. The van der Waals surface area contributed by atoms with Crippen LogP contribution in [0.5, 0.6) is 5.75 Å². The average molecular weight is 485 g/mol. The number of rotatable bonds is 8. The molecule has 2 heterocycles. The van der Waals surface area contributed by atoms with E-state index in [1.54, 1.807) is 23.1 Å². The molecule has 1 aromatic heterocycles. The maximum Gasteiger partial charge on any atom is 0.254 e. The van der Waals surface area contributed by atoms with Crippen LogP contribution in [0.4, 0.5) is 8.78 Å². The number of carbonyl (C=O) groups is 1. The van der Waals surface area contributed by atoms with E-state index in [1.165, 1.54) is 30.6 Å². The minimum absolute atomic E-state index is 0.0246. The van der Waals surface area contributed by atoms with E-state index in [-0.39, 0.29) is 35.3 Å². The van der Waals surface area contributed by atoms with E-state index in [4.69, 9.17) is 4.74 Å². The number of halogens is 2. The first kappa shape index (κ1) is 24.4. The first-order valence-electron chi connectivity index (χ1n) is 11.5. The minimum atomic E-state index is -0.362. The number of thiophene rings is 1. The lowest BCUT2D eigenvalue weighted by atomic mass is 9.84. The number of carbonyl (C=O) groups excluding carboxylic acids is 1. The van der Waals surface area contributed by atoms with E-state index in [0.29, 0.717) is 24.1 Å². The van der Waals surface area contributed by atoms with Crippen LogP contribution in [0.3, 0.4) is 0 Å². The largest absolute Gasteiger partial charge is 0.494 e. The number of hydrogen-bond acceptors (Lipinski definition) is 4. The normalized spacial score (nSPS) is 15.8. The second-order valence-electron chi connectivity index (χ2n) is 8.87. The van der Waals surface area contributed by atoms with Crippen molar-refractivity contribution in [1.29, 1.82) is 0 Å². The van der Waals surface area contributed by atoms with Crippen LogP contribution in [0.15, 0.2) is 59.3 Å². The summed E-state index contributed by atoms with van der Waals surface area (Å²) in [7, 11) is 3.31. The minimum Gasteiger partial charge on any atom is -0.494 e. The highest BCUT2D eigenvalue weighted by molar-refractivity contribution is 7.08. The molecule has 1 saturated heterocycles. The topological polar surface area (TPSA) is 32.8 Å². The monoisotopic (exact) mass is 484 g/mol. The molecule has 1 amide bonds. The maximum absolute atomic E-state index is 14.5. The number of piperidine rings is 1. The molecule has 3 aromatic rings. The Labute approximate surface area is 203 Å². The zero-order valence-electron chi connectivity index (χ0n) is 19.5. The third kappa shape index (κ3) is 5.65. The van der Waals surface area contributed by atoms with Crippen LogP contribution < -0.4 is 4.74 Å². The van der Waals surface area contributed by atoms with Gasteiger partial charge in [-0.25, -0.2) is 8.78 Å². The number of nitrogens with zero attached hydrogens (tertiary/aromatic N) is 2. The summed E-state index contributed by atoms with van der Waals surface area (Å²) in [6, 6.07) is 13.5. The predicted octanol–water partition coefficient (Wildman–Crippen LogP) is 5.63. The Bertz CT molecular complexity index is 1100. The molecule has 1 fully saturated rings. The van der Waals surface area contributed by atoms with Crippen LogP contribution >= 0.6 is 11.3 Å². The molecule has 0 spiro atoms. The van der Waals surface area contributed by atoms with Crippen LogP contribution in [-0.2, 0) is 13.0 Å². The van der Waals surface area contributed by atoms with E-state index in [0.717, 1.165) is 31.5 Å². The molecule has 34 heavy (non-hydrogen) atoms. The van der Waals surface area contributed by atoms with Crippen LogP contribution in [0.25, 0.3) is 0 Å². The lowest BCUT2D eigenvalue weighted by Crippen LogP contribution is -2.47. The molecule has 0 aliphatic carbocycles. The van der Waals surface area contributed by atoms with Gasteiger partial charge in [0.25, 0.3) is 5.91 Å². The SMILES string of the molecule is COc1cc(CN2CCC(C(Cc3ccccc3F)N(C)C(=O)c3ccsc3)CC2)ccc1F. The van der Waals surface area contributed by atoms with Gasteiger partial charge < -0.3 is 9.64 Å². The summed E-state index contributed by atoms with van der Waals surface area (Å²) in [4.78, 5) is 17.3. The molecule has 0 radical (unpaired) electrons. The van der Waals surface area contributed by atoms with Gasteiger partial charge in [-0.1, -0.05) is 24.3 Å². The van der Waals surface area contributed by atoms with Crippen molar-refractivity contribution < 1.29 is 18.3 Å². The highest BCUT2D eigenvalue weighted by Crippen LogP contribution is 2.29. The van der Waals surface area contributed by atoms with E-state index in [9.17, 15) is 13.6 Å². The molecule has 0 saturated carbocycles. The van der Waals surface area contributed by atoms with Gasteiger partial charge in [0.05, 0.1) is 12.7 Å². The number of amides is 1. The van der Waals surface area contributed by atoms with Gasteiger partial charge in [-0.05, 0) is 79.0 Å². The molecule has 2 aromatic carbocycles. The van der Waals surface area contributed by atoms with Crippen molar-refractivity contribution in [1.82, 2.24) is 9.80 Å². The molecule has 180 valence electrons. The standard InChI is InChI=1S/C27H30F2N2O2S/c1-30(27(32)22-11-14-34-18-22)25(16-21-5-3-4-6-23(21)28)20-9-12-31(13-10-20)17-19-7-8-24(29)26(15-19)33-2/h3-8,11,14-15,18,20,25H,9-10,12-13,16-17H2,1-2H3. The quantitative estimate of drug-likeness (QED) is 0.415. The number of likely N-dealkylation sites (tertiary alicyclic amines) is 1. The summed E-state index contributed by atoms with van der Waals surface area (Å²) in [5.74, 6) is -0.105. The molecule has 0 bridgehead atoms. The van der Waals surface area contributed by atoms with E-state index < -0.39 is 0 Å². The summed E-state index contributed by atoms with van der Waals surface area (Å²) >= 11 is 1.50. The van der Waals surface area contributed by atoms with Gasteiger partial charge >= 0.3 is 0 Å². The third-order valence-corrected chi connectivity index (χ3v) is 7.45. The Kier molecular flexibility index (Phi) is 7.95. The zero-order chi connectivity index (χ0) is 24.1. The van der Waals surface area contributed by atoms with Gasteiger partial charge in [0.1, 0.15) is 5.82 Å². The van der Waals surface area contributed by atoms with Crippen molar-refractivity contribution >= 4 is 17.2 Å². The molecule has 0 N–H and O–H groups in total. The lowest BCUT2D eigenvalue weighted by Gasteiger charge is -2.40. The summed E-state index contributed by atoms with van der Waals surface area (Å²) < 4.78 is 33.4. The smallest absolute Gasteiger partial charge is 0.254 e. The number of ether oxygens (including phenoxy) is 1. The maximum atomic E-state index is 14.5. The first-order valence-corrected chi connectivity index (χ1v) is 12.5. The summed E-state index contributed by atoms with van der Waals surface area (Å²) in [6.45, 7) is 2.43. The van der Waals surface area contributed by atoms with E-state index in [1.807, 2.05) is 36.0 Å². The van der Waals surface area contributed by atoms with Gasteiger partial charge in [-0.3, -0.25) is 9.69 Å². The molecule has 7 heteroatoms. The van der Waals surface area contributed by atoms with Gasteiger partial charge in [0, 0.05) is 25.0 Å². The molecule has 1 aliphatic rings. The highest BCUT2D eigenvalue weighted by Gasteiger charge is 2.32. The van der Waals surface area contributed by atoms with Crippen molar-refractivity contribution in [3.8, 4) is 5.75 Å². The van der Waals surface area contributed by atoms with Crippen LogP contribution in [0.1, 0.15) is 34.3 Å². The highest BCUT2D eigenvalue weighted by atomic mass is 32.1. The number of methoxy groups -OCH3 is 1. The molecule has 1 unspecified atom stereocenters. The molecular formula is C27H30F2N2O2S. The van der Waals surface area contributed by atoms with Crippen LogP contribution in [0, 0.1) is 17.6 Å². The summed E-state index contributed by atoms with van der Waals surface area (Å²) in [5.41, 5.74) is 2.32. The van der Waals surface area contributed by atoms with Gasteiger partial charge in [0.2, 0.25) is 0 Å². The summed E-state index contributed by atoms with van der Waals surface area (Å²) in [6.07, 6.45) is 2.29. The van der Waals surface area contributed by atoms with Crippen molar-refractivity contribution in [2.24, 2.45) is 5.92 Å². The first-order chi connectivity index (χ1) is 16.5. The van der Waals surface area contributed by atoms with Crippen molar-refractivity contribution in [2.75, 3.05) is 27.2 Å². The Hall–Kier alpha value is -2.77. The number of benzene rings is 2. The third-order valence-electron chi connectivity index (χ3n) is 6.77. The second-order valence-corrected chi connectivity index (χ2v) is 9.65. The fourth-order valence-electron chi connectivity index (χ4n) is 4.81.